The van der Waals surface area contributed by atoms with Gasteiger partial charge < -0.3 is 9.47 Å². The van der Waals surface area contributed by atoms with Crippen LogP contribution in [0.25, 0.3) is 0 Å². The number of hydrogen-bond acceptors (Lipinski definition) is 4. The molecule has 1 saturated carbocycles. The number of aromatic nitrogens is 2. The molecule has 1 aromatic heterocycles. The first kappa shape index (κ1) is 14.0. The van der Waals surface area contributed by atoms with Gasteiger partial charge in [-0.15, -0.1) is 0 Å². The molecule has 0 N–H and O–H groups in total. The lowest BCUT2D eigenvalue weighted by atomic mass is 9.93. The first-order valence-electron chi connectivity index (χ1n) is 6.52. The largest absolute Gasteiger partial charge is 0.381 e. The van der Waals surface area contributed by atoms with Crippen molar-refractivity contribution in [1.82, 2.24) is 9.97 Å². The minimum absolute atomic E-state index is 0.435. The van der Waals surface area contributed by atoms with Crippen molar-refractivity contribution in [3.05, 3.63) is 20.2 Å². The number of halogens is 2. The molecule has 19 heavy (non-hydrogen) atoms. The third kappa shape index (κ3) is 2.62. The molecule has 0 atom stereocenters. The van der Waals surface area contributed by atoms with Crippen LogP contribution >= 0.6 is 34.2 Å². The lowest BCUT2D eigenvalue weighted by Gasteiger charge is -2.34. The van der Waals surface area contributed by atoms with E-state index in [-0.39, 0.29) is 0 Å². The lowest BCUT2D eigenvalue weighted by Crippen LogP contribution is -2.37. The molecule has 0 unspecified atom stereocenters. The summed E-state index contributed by atoms with van der Waals surface area (Å²) >= 11 is 8.53. The van der Waals surface area contributed by atoms with Gasteiger partial charge in [-0.2, -0.15) is 0 Å². The number of ether oxygens (including phenoxy) is 2. The number of methoxy groups -OCH3 is 1. The highest BCUT2D eigenvalue weighted by atomic mass is 127. The highest BCUT2D eigenvalue weighted by Crippen LogP contribution is 2.43. The normalized spacial score (nSPS) is 22.5. The molecule has 0 bridgehead atoms. The summed E-state index contributed by atoms with van der Waals surface area (Å²) in [6.45, 7) is 1.36. The summed E-state index contributed by atoms with van der Waals surface area (Å²) in [6, 6.07) is 0. The maximum absolute atomic E-state index is 6.28. The van der Waals surface area contributed by atoms with Gasteiger partial charge in [0.05, 0.1) is 9.26 Å². The molecule has 104 valence electrons. The Bertz CT molecular complexity index is 488. The summed E-state index contributed by atoms with van der Waals surface area (Å²) in [5, 5.41) is 0.551. The minimum Gasteiger partial charge on any atom is -0.381 e. The van der Waals surface area contributed by atoms with Crippen molar-refractivity contribution in [3.63, 3.8) is 0 Å². The molecule has 0 aromatic carbocycles. The predicted octanol–water partition coefficient (Wildman–Crippen LogP) is 3.26. The molecule has 4 nitrogen and oxygen atoms in total. The van der Waals surface area contributed by atoms with Crippen molar-refractivity contribution < 1.29 is 9.47 Å². The number of hydrogen-bond donors (Lipinski definition) is 0. The van der Waals surface area contributed by atoms with E-state index >= 15 is 0 Å². The fourth-order valence-corrected chi connectivity index (χ4v) is 3.35. The fraction of sp³-hybridized carbons (Fsp3) is 0.692. The summed E-state index contributed by atoms with van der Waals surface area (Å²) in [6.07, 6.45) is 3.97. The number of rotatable bonds is 3. The average molecular weight is 395 g/mol. The van der Waals surface area contributed by atoms with Gasteiger partial charge in [0.25, 0.3) is 0 Å². The summed E-state index contributed by atoms with van der Waals surface area (Å²) in [5.41, 5.74) is 0.661. The van der Waals surface area contributed by atoms with Gasteiger partial charge in [-0.25, -0.2) is 9.97 Å². The summed E-state index contributed by atoms with van der Waals surface area (Å²) in [4.78, 5) is 9.25. The molecule has 2 fully saturated rings. The standard InChI is InChI=1S/C13H16ClIN2O2/c1-18-13(4-6-19-7-5-13)12-16-10(8-2-3-8)9(15)11(14)17-12/h8H,2-7H2,1H3. The summed E-state index contributed by atoms with van der Waals surface area (Å²) in [5.74, 6) is 1.28. The third-order valence-corrected chi connectivity index (χ3v) is 5.56. The Kier molecular flexibility index (Phi) is 3.99. The van der Waals surface area contributed by atoms with E-state index in [0.717, 1.165) is 27.9 Å². The van der Waals surface area contributed by atoms with Crippen LogP contribution in [0.5, 0.6) is 0 Å². The second-order valence-electron chi connectivity index (χ2n) is 5.12. The highest BCUT2D eigenvalue weighted by molar-refractivity contribution is 14.1. The van der Waals surface area contributed by atoms with Crippen molar-refractivity contribution in [1.29, 1.82) is 0 Å². The topological polar surface area (TPSA) is 44.2 Å². The Labute approximate surface area is 131 Å². The van der Waals surface area contributed by atoms with Crippen molar-refractivity contribution >= 4 is 34.2 Å². The van der Waals surface area contributed by atoms with Crippen LogP contribution in [0.4, 0.5) is 0 Å². The van der Waals surface area contributed by atoms with Crippen LogP contribution in [0, 0.1) is 3.57 Å². The van der Waals surface area contributed by atoms with Gasteiger partial charge >= 0.3 is 0 Å². The maximum Gasteiger partial charge on any atom is 0.162 e. The van der Waals surface area contributed by atoms with E-state index in [1.165, 1.54) is 12.8 Å². The number of nitrogens with zero attached hydrogens (tertiary/aromatic N) is 2. The van der Waals surface area contributed by atoms with Crippen LogP contribution in [-0.2, 0) is 15.1 Å². The Morgan fingerprint density at radius 2 is 2.00 bits per heavy atom. The zero-order valence-electron chi connectivity index (χ0n) is 10.8. The summed E-state index contributed by atoms with van der Waals surface area (Å²) < 4.78 is 12.2. The molecule has 2 aliphatic rings. The zero-order chi connectivity index (χ0) is 13.5. The molecular weight excluding hydrogens is 379 g/mol. The van der Waals surface area contributed by atoms with E-state index < -0.39 is 5.60 Å². The molecule has 1 saturated heterocycles. The monoisotopic (exact) mass is 394 g/mol. The first-order valence-corrected chi connectivity index (χ1v) is 7.98. The van der Waals surface area contributed by atoms with Crippen LogP contribution in [0.1, 0.15) is 43.1 Å². The van der Waals surface area contributed by atoms with Crippen molar-refractivity contribution in [2.24, 2.45) is 0 Å². The predicted molar refractivity (Wildman–Crippen MR) is 80.5 cm³/mol. The SMILES string of the molecule is COC1(c2nc(Cl)c(I)c(C3CC3)n2)CCOCC1. The van der Waals surface area contributed by atoms with E-state index in [0.29, 0.717) is 24.3 Å². The summed E-state index contributed by atoms with van der Waals surface area (Å²) in [7, 11) is 1.72. The van der Waals surface area contributed by atoms with Gasteiger partial charge in [0.15, 0.2) is 5.82 Å². The molecular formula is C13H16ClIN2O2. The van der Waals surface area contributed by atoms with Gasteiger partial charge in [0.2, 0.25) is 0 Å². The average Bonchev–Trinajstić information content (AvgIpc) is 3.27. The molecule has 0 spiro atoms. The highest BCUT2D eigenvalue weighted by Gasteiger charge is 2.39. The maximum atomic E-state index is 6.28. The van der Waals surface area contributed by atoms with Crippen molar-refractivity contribution in [3.8, 4) is 0 Å². The van der Waals surface area contributed by atoms with Gasteiger partial charge in [-0.3, -0.25) is 0 Å². The molecule has 3 rings (SSSR count). The lowest BCUT2D eigenvalue weighted by molar-refractivity contribution is -0.100. The molecule has 1 aliphatic carbocycles. The van der Waals surface area contributed by atoms with Crippen LogP contribution < -0.4 is 0 Å². The molecule has 2 heterocycles. The van der Waals surface area contributed by atoms with Crippen molar-refractivity contribution in [2.75, 3.05) is 20.3 Å². The van der Waals surface area contributed by atoms with E-state index in [2.05, 4.69) is 27.6 Å². The minimum atomic E-state index is -0.435. The smallest absolute Gasteiger partial charge is 0.162 e. The second-order valence-corrected chi connectivity index (χ2v) is 6.56. The van der Waals surface area contributed by atoms with Gasteiger partial charge in [0.1, 0.15) is 10.8 Å². The Hall–Kier alpha value is 0.0200. The van der Waals surface area contributed by atoms with Crippen LogP contribution in [0.2, 0.25) is 5.15 Å². The Morgan fingerprint density at radius 3 is 2.58 bits per heavy atom. The van der Waals surface area contributed by atoms with E-state index in [1.54, 1.807) is 7.11 Å². The van der Waals surface area contributed by atoms with Crippen LogP contribution in [0.3, 0.4) is 0 Å². The molecule has 6 heteroatoms. The third-order valence-electron chi connectivity index (χ3n) is 3.90. The van der Waals surface area contributed by atoms with Crippen LogP contribution in [-0.4, -0.2) is 30.3 Å². The van der Waals surface area contributed by atoms with E-state index in [1.807, 2.05) is 0 Å². The second kappa shape index (κ2) is 5.42. The van der Waals surface area contributed by atoms with Gasteiger partial charge in [0, 0.05) is 39.1 Å². The Balaban J connectivity index is 2.03. The van der Waals surface area contributed by atoms with E-state index in [9.17, 15) is 0 Å². The molecule has 0 amide bonds. The molecule has 1 aromatic rings. The quantitative estimate of drug-likeness (QED) is 0.583. The van der Waals surface area contributed by atoms with Crippen LogP contribution in [0.15, 0.2) is 0 Å². The zero-order valence-corrected chi connectivity index (χ0v) is 13.7. The van der Waals surface area contributed by atoms with Crippen molar-refractivity contribution in [2.45, 2.75) is 37.2 Å². The fourth-order valence-electron chi connectivity index (χ4n) is 2.49. The first-order chi connectivity index (χ1) is 9.16. The molecule has 1 aliphatic heterocycles. The Morgan fingerprint density at radius 1 is 1.32 bits per heavy atom. The van der Waals surface area contributed by atoms with Gasteiger partial charge in [-0.1, -0.05) is 11.6 Å². The van der Waals surface area contributed by atoms with Gasteiger partial charge in [-0.05, 0) is 35.4 Å². The molecule has 0 radical (unpaired) electrons. The van der Waals surface area contributed by atoms with E-state index in [4.69, 9.17) is 26.1 Å².